The number of fused-ring (bicyclic) bond motifs is 5. The number of ether oxygens (including phenoxy) is 3. The zero-order chi connectivity index (χ0) is 21.0. The summed E-state index contributed by atoms with van der Waals surface area (Å²) in [5.74, 6) is 0.196. The molecule has 31 heavy (non-hydrogen) atoms. The summed E-state index contributed by atoms with van der Waals surface area (Å²) in [4.78, 5) is 15.0. The molecule has 162 valence electrons. The third kappa shape index (κ3) is 3.08. The number of nitrogens with zero attached hydrogens (tertiary/aromatic N) is 1. The second-order valence-corrected chi connectivity index (χ2v) is 9.30. The highest BCUT2D eigenvalue weighted by Gasteiger charge is 2.53. The monoisotopic (exact) mass is 421 g/mol. The van der Waals surface area contributed by atoms with Gasteiger partial charge in [-0.1, -0.05) is 48.5 Å². The maximum atomic E-state index is 13.2. The molecular weight excluding hydrogens is 394 g/mol. The number of piperidine rings is 1. The van der Waals surface area contributed by atoms with Crippen molar-refractivity contribution >= 4 is 6.09 Å². The lowest BCUT2D eigenvalue weighted by Gasteiger charge is -2.54. The van der Waals surface area contributed by atoms with Gasteiger partial charge in [0.1, 0.15) is 6.61 Å². The average molecular weight is 421 g/mol. The molecule has 3 saturated heterocycles. The molecule has 6 nitrogen and oxygen atoms in total. The second-order valence-electron chi connectivity index (χ2n) is 9.30. The van der Waals surface area contributed by atoms with Crippen LogP contribution < -0.4 is 0 Å². The summed E-state index contributed by atoms with van der Waals surface area (Å²) >= 11 is 0. The molecule has 3 heterocycles. The largest absolute Gasteiger partial charge is 0.448 e. The maximum Gasteiger partial charge on any atom is 0.410 e. The maximum absolute atomic E-state index is 13.2. The molecule has 1 amide bonds. The summed E-state index contributed by atoms with van der Waals surface area (Å²) in [6.45, 7) is 2.39. The zero-order valence-electron chi connectivity index (χ0n) is 17.4. The van der Waals surface area contributed by atoms with Crippen LogP contribution in [-0.4, -0.2) is 66.8 Å². The first kappa shape index (κ1) is 19.3. The van der Waals surface area contributed by atoms with Crippen LogP contribution in [0.1, 0.15) is 29.9 Å². The minimum atomic E-state index is -0.780. The summed E-state index contributed by atoms with van der Waals surface area (Å²) < 4.78 is 16.9. The van der Waals surface area contributed by atoms with Crippen molar-refractivity contribution in [1.29, 1.82) is 0 Å². The molecule has 1 N–H and O–H groups in total. The van der Waals surface area contributed by atoms with Crippen molar-refractivity contribution < 1.29 is 24.1 Å². The Labute approximate surface area is 181 Å². The highest BCUT2D eigenvalue weighted by Crippen LogP contribution is 2.45. The van der Waals surface area contributed by atoms with Crippen molar-refractivity contribution in [2.24, 2.45) is 5.92 Å². The van der Waals surface area contributed by atoms with E-state index in [4.69, 9.17) is 14.2 Å². The summed E-state index contributed by atoms with van der Waals surface area (Å²) in [7, 11) is 0. The van der Waals surface area contributed by atoms with Gasteiger partial charge in [-0.2, -0.15) is 0 Å². The Morgan fingerprint density at radius 2 is 1.48 bits per heavy atom. The average Bonchev–Trinajstić information content (AvgIpc) is 3.04. The summed E-state index contributed by atoms with van der Waals surface area (Å²) in [6.07, 6.45) is 0.732. The van der Waals surface area contributed by atoms with E-state index in [1.165, 1.54) is 22.3 Å². The molecular formula is C25H27NO5. The van der Waals surface area contributed by atoms with Crippen molar-refractivity contribution in [2.45, 2.75) is 36.4 Å². The van der Waals surface area contributed by atoms with E-state index in [2.05, 4.69) is 24.3 Å². The predicted molar refractivity (Wildman–Crippen MR) is 114 cm³/mol. The van der Waals surface area contributed by atoms with Gasteiger partial charge in [-0.15, -0.1) is 0 Å². The normalized spacial score (nSPS) is 29.8. The minimum Gasteiger partial charge on any atom is -0.448 e. The number of aliphatic hydroxyl groups is 1. The Balaban J connectivity index is 1.19. The molecule has 4 aliphatic rings. The Morgan fingerprint density at radius 3 is 2.03 bits per heavy atom. The molecule has 0 spiro atoms. The number of hydrogen-bond acceptors (Lipinski definition) is 5. The molecule has 3 fully saturated rings. The Hall–Kier alpha value is -2.41. The van der Waals surface area contributed by atoms with Crippen molar-refractivity contribution in [2.75, 3.05) is 33.0 Å². The lowest BCUT2D eigenvalue weighted by Crippen LogP contribution is -2.66. The molecule has 2 bridgehead atoms. The molecule has 0 radical (unpaired) electrons. The topological polar surface area (TPSA) is 68.2 Å². The van der Waals surface area contributed by atoms with Gasteiger partial charge in [0.05, 0.1) is 44.1 Å². The molecule has 2 unspecified atom stereocenters. The number of amides is 1. The van der Waals surface area contributed by atoms with E-state index in [1.54, 1.807) is 0 Å². The van der Waals surface area contributed by atoms with Gasteiger partial charge in [0.25, 0.3) is 0 Å². The van der Waals surface area contributed by atoms with Crippen LogP contribution >= 0.6 is 0 Å². The fourth-order valence-electron chi connectivity index (χ4n) is 5.86. The quantitative estimate of drug-likeness (QED) is 0.825. The highest BCUT2D eigenvalue weighted by atomic mass is 16.6. The van der Waals surface area contributed by atoms with E-state index in [-0.39, 0.29) is 30.0 Å². The van der Waals surface area contributed by atoms with Crippen LogP contribution in [0.3, 0.4) is 0 Å². The first-order chi connectivity index (χ1) is 15.1. The van der Waals surface area contributed by atoms with Crippen molar-refractivity contribution in [3.63, 3.8) is 0 Å². The third-order valence-electron chi connectivity index (χ3n) is 7.53. The number of morpholine rings is 1. The van der Waals surface area contributed by atoms with Crippen LogP contribution in [0.4, 0.5) is 4.79 Å². The molecule has 2 aromatic carbocycles. The van der Waals surface area contributed by atoms with Crippen LogP contribution in [0.5, 0.6) is 0 Å². The van der Waals surface area contributed by atoms with Crippen LogP contribution in [-0.2, 0) is 14.2 Å². The van der Waals surface area contributed by atoms with Gasteiger partial charge in [-0.05, 0) is 35.1 Å². The van der Waals surface area contributed by atoms with Crippen molar-refractivity contribution in [3.8, 4) is 11.1 Å². The van der Waals surface area contributed by atoms with Crippen LogP contribution in [0.2, 0.25) is 0 Å². The third-order valence-corrected chi connectivity index (χ3v) is 7.53. The van der Waals surface area contributed by atoms with Gasteiger partial charge < -0.3 is 19.3 Å². The summed E-state index contributed by atoms with van der Waals surface area (Å²) in [6, 6.07) is 16.4. The van der Waals surface area contributed by atoms with E-state index in [0.29, 0.717) is 45.9 Å². The van der Waals surface area contributed by atoms with E-state index in [1.807, 2.05) is 29.2 Å². The first-order valence-corrected chi connectivity index (χ1v) is 11.2. The molecule has 0 aromatic heterocycles. The van der Waals surface area contributed by atoms with Gasteiger partial charge in [0.15, 0.2) is 0 Å². The number of carbonyl (C=O) groups is 1. The molecule has 1 aliphatic carbocycles. The Kier molecular flexibility index (Phi) is 4.56. The number of benzene rings is 2. The summed E-state index contributed by atoms with van der Waals surface area (Å²) in [5, 5.41) is 11.2. The fourth-order valence-corrected chi connectivity index (χ4v) is 5.86. The predicted octanol–water partition coefficient (Wildman–Crippen LogP) is 3.18. The Bertz CT molecular complexity index is 943. The lowest BCUT2D eigenvalue weighted by molar-refractivity contribution is -0.201. The van der Waals surface area contributed by atoms with Crippen LogP contribution in [0.25, 0.3) is 11.1 Å². The smallest absolute Gasteiger partial charge is 0.410 e. The van der Waals surface area contributed by atoms with Crippen molar-refractivity contribution in [1.82, 2.24) is 4.90 Å². The van der Waals surface area contributed by atoms with Gasteiger partial charge in [0.2, 0.25) is 0 Å². The number of carbonyl (C=O) groups excluding carboxylic acids is 1. The van der Waals surface area contributed by atoms with E-state index >= 15 is 0 Å². The Morgan fingerprint density at radius 1 is 0.935 bits per heavy atom. The second kappa shape index (κ2) is 7.33. The standard InChI is InChI=1S/C25H27NO5/c27-24(26-17-9-25(28,16-11-29-12-16)10-18(26)14-30-13-17)31-15-23-21-7-3-1-5-19(21)20-6-2-4-8-22(20)23/h1-8,16-18,23,28H,9-15H2. The van der Waals surface area contributed by atoms with Crippen LogP contribution in [0, 0.1) is 5.92 Å². The molecule has 6 heteroatoms. The van der Waals surface area contributed by atoms with Gasteiger partial charge in [-0.3, -0.25) is 4.90 Å². The SMILES string of the molecule is O=C(OCC1c2ccccc2-c2ccccc21)N1C2COCC1CC(O)(C1COC1)C2. The van der Waals surface area contributed by atoms with Gasteiger partial charge >= 0.3 is 6.09 Å². The zero-order valence-corrected chi connectivity index (χ0v) is 17.4. The van der Waals surface area contributed by atoms with Gasteiger partial charge in [0, 0.05) is 11.8 Å². The minimum absolute atomic E-state index is 0.0429. The van der Waals surface area contributed by atoms with E-state index < -0.39 is 5.60 Å². The van der Waals surface area contributed by atoms with Crippen LogP contribution in [0.15, 0.2) is 48.5 Å². The molecule has 3 aliphatic heterocycles. The fraction of sp³-hybridized carbons (Fsp3) is 0.480. The van der Waals surface area contributed by atoms with Crippen molar-refractivity contribution in [3.05, 3.63) is 59.7 Å². The first-order valence-electron chi connectivity index (χ1n) is 11.2. The molecule has 2 aromatic rings. The van der Waals surface area contributed by atoms with E-state index in [0.717, 1.165) is 0 Å². The molecule has 6 rings (SSSR count). The van der Waals surface area contributed by atoms with Gasteiger partial charge in [-0.25, -0.2) is 4.79 Å². The highest BCUT2D eigenvalue weighted by molar-refractivity contribution is 5.79. The molecule has 0 saturated carbocycles. The number of hydrogen-bond donors (Lipinski definition) is 1. The molecule has 2 atom stereocenters. The van der Waals surface area contributed by atoms with E-state index in [9.17, 15) is 9.90 Å². The number of rotatable bonds is 3. The summed E-state index contributed by atoms with van der Waals surface area (Å²) in [5.41, 5.74) is 4.07. The lowest BCUT2D eigenvalue weighted by atomic mass is 9.72.